The standard InChI is InChI=1S/C21H25N3O4/c1-24-17-11-14(13-4-2-12(3-5-13)10-19(26)27)6-7-15(17)20(23-24)16-8-9-18(25)22-21(16)28/h6-7,11-13,16H,2-5,8-10H2,1H3,(H,26,27)(H,22,25,28). The number of piperidine rings is 1. The first kappa shape index (κ1) is 18.7. The maximum Gasteiger partial charge on any atom is 0.303 e. The van der Waals surface area contributed by atoms with Crippen molar-refractivity contribution < 1.29 is 19.5 Å². The van der Waals surface area contributed by atoms with Crippen LogP contribution in [0.1, 0.15) is 68.0 Å². The van der Waals surface area contributed by atoms with Crippen LogP contribution in [0.4, 0.5) is 0 Å². The number of fused-ring (bicyclic) bond motifs is 1. The van der Waals surface area contributed by atoms with Crippen molar-refractivity contribution in [2.75, 3.05) is 0 Å². The Kier molecular flexibility index (Phi) is 4.91. The number of carbonyl (C=O) groups excluding carboxylic acids is 2. The van der Waals surface area contributed by atoms with E-state index in [4.69, 9.17) is 5.11 Å². The fourth-order valence-electron chi connectivity index (χ4n) is 4.71. The lowest BCUT2D eigenvalue weighted by Gasteiger charge is -2.28. The Morgan fingerprint density at radius 3 is 2.64 bits per heavy atom. The quantitative estimate of drug-likeness (QED) is 0.791. The lowest BCUT2D eigenvalue weighted by atomic mass is 9.77. The summed E-state index contributed by atoms with van der Waals surface area (Å²) in [5.74, 6) is -0.865. The third-order valence-corrected chi connectivity index (χ3v) is 6.25. The number of carboxylic acid groups (broad SMARTS) is 1. The molecule has 0 spiro atoms. The summed E-state index contributed by atoms with van der Waals surface area (Å²) in [6.07, 6.45) is 4.99. The highest BCUT2D eigenvalue weighted by Gasteiger charge is 2.32. The Morgan fingerprint density at radius 2 is 1.96 bits per heavy atom. The van der Waals surface area contributed by atoms with Gasteiger partial charge in [0.05, 0.1) is 17.1 Å². The maximum atomic E-state index is 12.3. The van der Waals surface area contributed by atoms with Crippen molar-refractivity contribution in [2.24, 2.45) is 13.0 Å². The second-order valence-electron chi connectivity index (χ2n) is 8.10. The van der Waals surface area contributed by atoms with Crippen LogP contribution in [0.15, 0.2) is 18.2 Å². The van der Waals surface area contributed by atoms with E-state index < -0.39 is 11.9 Å². The Balaban J connectivity index is 1.56. The van der Waals surface area contributed by atoms with E-state index >= 15 is 0 Å². The molecule has 1 saturated heterocycles. The number of amides is 2. The van der Waals surface area contributed by atoms with Crippen LogP contribution in [0.3, 0.4) is 0 Å². The molecule has 1 aliphatic heterocycles. The third-order valence-electron chi connectivity index (χ3n) is 6.25. The summed E-state index contributed by atoms with van der Waals surface area (Å²) in [6, 6.07) is 6.31. The lowest BCUT2D eigenvalue weighted by molar-refractivity contribution is -0.138. The van der Waals surface area contributed by atoms with Crippen LogP contribution in [0.5, 0.6) is 0 Å². The topological polar surface area (TPSA) is 101 Å². The molecule has 1 unspecified atom stereocenters. The number of carbonyl (C=O) groups is 3. The van der Waals surface area contributed by atoms with Gasteiger partial charge in [-0.15, -0.1) is 0 Å². The molecule has 1 aromatic carbocycles. The van der Waals surface area contributed by atoms with E-state index in [9.17, 15) is 14.4 Å². The minimum absolute atomic E-state index is 0.220. The molecule has 2 aliphatic rings. The second-order valence-corrected chi connectivity index (χ2v) is 8.10. The molecular weight excluding hydrogens is 358 g/mol. The minimum Gasteiger partial charge on any atom is -0.481 e. The number of hydrogen-bond acceptors (Lipinski definition) is 4. The third kappa shape index (κ3) is 3.53. The zero-order valence-corrected chi connectivity index (χ0v) is 16.0. The molecule has 2 fully saturated rings. The van der Waals surface area contributed by atoms with Crippen molar-refractivity contribution in [3.05, 3.63) is 29.5 Å². The number of aliphatic carboxylic acids is 1. The molecule has 2 N–H and O–H groups in total. The van der Waals surface area contributed by atoms with E-state index in [-0.39, 0.29) is 24.2 Å². The number of aromatic nitrogens is 2. The van der Waals surface area contributed by atoms with Gasteiger partial charge in [-0.05, 0) is 55.6 Å². The molecule has 1 aliphatic carbocycles. The van der Waals surface area contributed by atoms with Gasteiger partial charge in [-0.1, -0.05) is 12.1 Å². The van der Waals surface area contributed by atoms with Gasteiger partial charge in [0.1, 0.15) is 0 Å². The molecule has 1 aromatic heterocycles. The summed E-state index contributed by atoms with van der Waals surface area (Å²) in [5.41, 5.74) is 2.98. The van der Waals surface area contributed by atoms with E-state index in [1.807, 2.05) is 17.8 Å². The zero-order valence-electron chi connectivity index (χ0n) is 16.0. The Hall–Kier alpha value is -2.70. The SMILES string of the molecule is Cn1nc(C2CCC(=O)NC2=O)c2ccc(C3CCC(CC(=O)O)CC3)cc21. The molecule has 7 nitrogen and oxygen atoms in total. The number of hydrogen-bond donors (Lipinski definition) is 2. The van der Waals surface area contributed by atoms with Crippen LogP contribution >= 0.6 is 0 Å². The van der Waals surface area contributed by atoms with E-state index in [0.29, 0.717) is 18.8 Å². The predicted molar refractivity (Wildman–Crippen MR) is 103 cm³/mol. The average Bonchev–Trinajstić information content (AvgIpc) is 2.98. The monoisotopic (exact) mass is 383 g/mol. The molecular formula is C21H25N3O4. The summed E-state index contributed by atoms with van der Waals surface area (Å²) in [4.78, 5) is 34.6. The fourth-order valence-corrected chi connectivity index (χ4v) is 4.71. The molecule has 28 heavy (non-hydrogen) atoms. The van der Waals surface area contributed by atoms with E-state index in [1.54, 1.807) is 0 Å². The Bertz CT molecular complexity index is 941. The normalized spacial score (nSPS) is 25.7. The van der Waals surface area contributed by atoms with Gasteiger partial charge >= 0.3 is 5.97 Å². The van der Waals surface area contributed by atoms with Gasteiger partial charge in [0, 0.05) is 25.3 Å². The van der Waals surface area contributed by atoms with E-state index in [1.165, 1.54) is 5.56 Å². The highest BCUT2D eigenvalue weighted by atomic mass is 16.4. The second kappa shape index (κ2) is 7.37. The summed E-state index contributed by atoms with van der Waals surface area (Å²) in [5, 5.41) is 17.0. The first-order chi connectivity index (χ1) is 13.4. The average molecular weight is 383 g/mol. The van der Waals surface area contributed by atoms with Crippen molar-refractivity contribution in [2.45, 2.75) is 56.8 Å². The number of aryl methyl sites for hydroxylation is 1. The van der Waals surface area contributed by atoms with Gasteiger partial charge in [0.15, 0.2) is 0 Å². The summed E-state index contributed by atoms with van der Waals surface area (Å²) < 4.78 is 1.81. The lowest BCUT2D eigenvalue weighted by Crippen LogP contribution is -2.39. The van der Waals surface area contributed by atoms with Crippen LogP contribution in [-0.4, -0.2) is 32.7 Å². The molecule has 7 heteroatoms. The molecule has 0 bridgehead atoms. The first-order valence-electron chi connectivity index (χ1n) is 9.94. The number of nitrogens with one attached hydrogen (secondary N) is 1. The molecule has 2 heterocycles. The molecule has 0 radical (unpaired) electrons. The van der Waals surface area contributed by atoms with Crippen molar-refractivity contribution in [3.8, 4) is 0 Å². The Morgan fingerprint density at radius 1 is 1.21 bits per heavy atom. The molecule has 148 valence electrons. The molecule has 2 aromatic rings. The van der Waals surface area contributed by atoms with Crippen LogP contribution in [0.2, 0.25) is 0 Å². The fraction of sp³-hybridized carbons (Fsp3) is 0.524. The highest BCUT2D eigenvalue weighted by molar-refractivity contribution is 6.02. The van der Waals surface area contributed by atoms with Crippen LogP contribution in [-0.2, 0) is 21.4 Å². The van der Waals surface area contributed by atoms with E-state index in [2.05, 4.69) is 22.5 Å². The molecule has 1 atom stereocenters. The van der Waals surface area contributed by atoms with Crippen molar-refractivity contribution >= 4 is 28.7 Å². The van der Waals surface area contributed by atoms with E-state index in [0.717, 1.165) is 42.3 Å². The number of nitrogens with zero attached hydrogens (tertiary/aromatic N) is 2. The molecule has 2 amide bonds. The molecule has 4 rings (SSSR count). The first-order valence-corrected chi connectivity index (χ1v) is 9.94. The van der Waals surface area contributed by atoms with Crippen LogP contribution in [0, 0.1) is 5.92 Å². The van der Waals surface area contributed by atoms with Crippen LogP contribution in [0.25, 0.3) is 10.9 Å². The zero-order chi connectivity index (χ0) is 19.8. The van der Waals surface area contributed by atoms with Gasteiger partial charge < -0.3 is 5.11 Å². The Labute approximate surface area is 163 Å². The summed E-state index contributed by atoms with van der Waals surface area (Å²) in [6.45, 7) is 0. The van der Waals surface area contributed by atoms with Crippen molar-refractivity contribution in [1.29, 1.82) is 0 Å². The van der Waals surface area contributed by atoms with Gasteiger partial charge in [-0.2, -0.15) is 5.10 Å². The largest absolute Gasteiger partial charge is 0.481 e. The van der Waals surface area contributed by atoms with Gasteiger partial charge in [0.25, 0.3) is 0 Å². The van der Waals surface area contributed by atoms with Gasteiger partial charge in [-0.25, -0.2) is 0 Å². The highest BCUT2D eigenvalue weighted by Crippen LogP contribution is 2.39. The minimum atomic E-state index is -0.708. The summed E-state index contributed by atoms with van der Waals surface area (Å²) in [7, 11) is 1.88. The molecule has 1 saturated carbocycles. The number of benzene rings is 1. The maximum absolute atomic E-state index is 12.3. The summed E-state index contributed by atoms with van der Waals surface area (Å²) >= 11 is 0. The number of carboxylic acids is 1. The predicted octanol–water partition coefficient (Wildman–Crippen LogP) is 2.84. The number of rotatable bonds is 4. The van der Waals surface area contributed by atoms with Crippen molar-refractivity contribution in [1.82, 2.24) is 15.1 Å². The van der Waals surface area contributed by atoms with Crippen molar-refractivity contribution in [3.63, 3.8) is 0 Å². The van der Waals surface area contributed by atoms with Gasteiger partial charge in [-0.3, -0.25) is 24.4 Å². The smallest absolute Gasteiger partial charge is 0.303 e. The van der Waals surface area contributed by atoms with Crippen LogP contribution < -0.4 is 5.32 Å². The van der Waals surface area contributed by atoms with Gasteiger partial charge in [0.2, 0.25) is 11.8 Å². The number of imide groups is 1.